The van der Waals surface area contributed by atoms with E-state index >= 15 is 0 Å². The lowest BCUT2D eigenvalue weighted by molar-refractivity contribution is -0.138. The average molecular weight is 619 g/mol. The molecule has 0 aliphatic carbocycles. The van der Waals surface area contributed by atoms with Crippen molar-refractivity contribution in [2.45, 2.75) is 12.4 Å². The van der Waals surface area contributed by atoms with Crippen molar-refractivity contribution >= 4 is 43.1 Å². The van der Waals surface area contributed by atoms with Gasteiger partial charge in [0.1, 0.15) is 0 Å². The predicted molar refractivity (Wildman–Crippen MR) is 162 cm³/mol. The third-order valence-electron chi connectivity index (χ3n) is 8.17. The van der Waals surface area contributed by atoms with Crippen LogP contribution in [-0.2, 0) is 12.4 Å². The number of halogens is 6. The van der Waals surface area contributed by atoms with Gasteiger partial charge in [-0.05, 0) is 92.3 Å². The highest BCUT2D eigenvalue weighted by Crippen LogP contribution is 2.37. The average Bonchev–Trinajstić information content (AvgIpc) is 3.50. The Labute approximate surface area is 255 Å². The minimum absolute atomic E-state index is 0.344. The van der Waals surface area contributed by atoms with Crippen LogP contribution in [0, 0.1) is 22.9 Å². The summed E-state index contributed by atoms with van der Waals surface area (Å²) in [6.45, 7) is 0. The van der Waals surface area contributed by atoms with Crippen molar-refractivity contribution in [1.29, 1.82) is 10.5 Å². The molecule has 0 amide bonds. The molecular formula is C36H16F6N4. The summed E-state index contributed by atoms with van der Waals surface area (Å²) < 4.78 is 80.4. The number of hydrogen-bond acceptors (Lipinski definition) is 4. The number of nitriles is 2. The molecule has 0 radical (unpaired) electrons. The molecule has 0 atom stereocenters. The molecule has 0 heterocycles. The molecule has 10 heteroatoms. The molecule has 0 saturated carbocycles. The topological polar surface area (TPSA) is 72.3 Å². The minimum atomic E-state index is -4.51. The van der Waals surface area contributed by atoms with Gasteiger partial charge in [0.15, 0.2) is 0 Å². The maximum Gasteiger partial charge on any atom is 0.416 e. The van der Waals surface area contributed by atoms with E-state index in [2.05, 4.69) is 9.98 Å². The molecule has 0 aliphatic rings. The van der Waals surface area contributed by atoms with Crippen LogP contribution in [0.4, 0.5) is 26.3 Å². The normalized spacial score (nSPS) is 13.2. The molecule has 0 aromatic heterocycles. The Morgan fingerprint density at radius 3 is 1.15 bits per heavy atom. The van der Waals surface area contributed by atoms with Crippen molar-refractivity contribution in [3.63, 3.8) is 0 Å². The Balaban J connectivity index is 1.48. The fraction of sp³-hybridized carbons (Fsp3) is 0.0556. The molecule has 0 spiro atoms. The van der Waals surface area contributed by atoms with Crippen molar-refractivity contribution in [2.24, 2.45) is 9.98 Å². The molecule has 0 saturated heterocycles. The SMILES string of the molecule is N#CN=c1c2cc(-c3cccc(C(F)(F)F)c3)ccc2c2cc3c(=NC#N)c4cc(-c5cccc(C(F)(F)F)c5)ccc4c3cc12. The van der Waals surface area contributed by atoms with Gasteiger partial charge >= 0.3 is 12.4 Å². The summed E-state index contributed by atoms with van der Waals surface area (Å²) in [5.74, 6) is 0. The quantitative estimate of drug-likeness (QED) is 0.143. The number of rotatable bonds is 2. The Bertz CT molecular complexity index is 2410. The van der Waals surface area contributed by atoms with Gasteiger partial charge in [0.25, 0.3) is 0 Å². The van der Waals surface area contributed by atoms with Crippen molar-refractivity contribution in [3.8, 4) is 34.6 Å². The molecule has 0 fully saturated rings. The Morgan fingerprint density at radius 2 is 0.783 bits per heavy atom. The highest BCUT2D eigenvalue weighted by atomic mass is 19.4. The Hall–Kier alpha value is -6.00. The standard InChI is InChI=1S/C36H16F6N4/c37-35(38,39)23-5-1-3-19(11-23)21-7-9-25-27-15-32-28(16-31(27)33(45-17-43)29(25)13-21)26-10-8-22(14-30(26)34(32)46-18-44)20-4-2-6-24(12-20)36(40,41)42/h1-16H. The summed E-state index contributed by atoms with van der Waals surface area (Å²) in [5, 5.41) is 25.0. The first-order valence-corrected chi connectivity index (χ1v) is 13.7. The smallest absolute Gasteiger partial charge is 0.172 e. The molecule has 4 nitrogen and oxygen atoms in total. The van der Waals surface area contributed by atoms with Gasteiger partial charge in [-0.2, -0.15) is 46.9 Å². The first kappa shape index (κ1) is 28.8. The number of nitrogens with zero attached hydrogens (tertiary/aromatic N) is 4. The van der Waals surface area contributed by atoms with E-state index in [0.717, 1.165) is 24.3 Å². The molecule has 7 aromatic carbocycles. The lowest BCUT2D eigenvalue weighted by atomic mass is 10.0. The van der Waals surface area contributed by atoms with Crippen LogP contribution in [0.5, 0.6) is 0 Å². The second kappa shape index (κ2) is 10.3. The fourth-order valence-corrected chi connectivity index (χ4v) is 6.13. The lowest BCUT2D eigenvalue weighted by Crippen LogP contribution is -2.04. The maximum atomic E-state index is 13.4. The summed E-state index contributed by atoms with van der Waals surface area (Å²) in [4.78, 5) is 8.17. The Kier molecular flexibility index (Phi) is 6.43. The van der Waals surface area contributed by atoms with E-state index in [4.69, 9.17) is 0 Å². The van der Waals surface area contributed by atoms with E-state index in [1.807, 2.05) is 24.5 Å². The van der Waals surface area contributed by atoms with Gasteiger partial charge in [-0.15, -0.1) is 0 Å². The van der Waals surface area contributed by atoms with Gasteiger partial charge in [0.2, 0.25) is 12.4 Å². The minimum Gasteiger partial charge on any atom is -0.172 e. The van der Waals surface area contributed by atoms with Gasteiger partial charge in [-0.1, -0.05) is 48.5 Å². The predicted octanol–water partition coefficient (Wildman–Crippen LogP) is 9.31. The van der Waals surface area contributed by atoms with Crippen molar-refractivity contribution in [1.82, 2.24) is 0 Å². The second-order valence-corrected chi connectivity index (χ2v) is 10.7. The summed E-state index contributed by atoms with van der Waals surface area (Å²) in [6.07, 6.45) is -5.36. The van der Waals surface area contributed by atoms with Gasteiger partial charge in [0.05, 0.1) is 21.8 Å². The third-order valence-corrected chi connectivity index (χ3v) is 8.17. The van der Waals surface area contributed by atoms with Crippen LogP contribution in [0.25, 0.3) is 65.3 Å². The van der Waals surface area contributed by atoms with Crippen LogP contribution in [0.2, 0.25) is 0 Å². The molecule has 0 aliphatic heterocycles. The van der Waals surface area contributed by atoms with E-state index in [9.17, 15) is 36.9 Å². The largest absolute Gasteiger partial charge is 0.416 e. The van der Waals surface area contributed by atoms with E-state index < -0.39 is 23.5 Å². The molecule has 222 valence electrons. The van der Waals surface area contributed by atoms with Gasteiger partial charge in [0, 0.05) is 21.5 Å². The van der Waals surface area contributed by atoms with Crippen molar-refractivity contribution in [3.05, 3.63) is 119 Å². The van der Waals surface area contributed by atoms with Crippen LogP contribution in [0.1, 0.15) is 11.1 Å². The van der Waals surface area contributed by atoms with E-state index in [1.165, 1.54) is 12.1 Å². The maximum absolute atomic E-state index is 13.4. The summed E-state index contributed by atoms with van der Waals surface area (Å²) >= 11 is 0. The molecule has 0 N–H and O–H groups in total. The van der Waals surface area contributed by atoms with E-state index in [-0.39, 0.29) is 0 Å². The number of alkyl halides is 6. The zero-order chi connectivity index (χ0) is 32.4. The number of benzene rings is 5. The number of fused-ring (bicyclic) bond motifs is 6. The van der Waals surface area contributed by atoms with Gasteiger partial charge in [-0.25, -0.2) is 0 Å². The molecule has 0 unspecified atom stereocenters. The summed E-state index contributed by atoms with van der Waals surface area (Å²) in [7, 11) is 0. The molecular weight excluding hydrogens is 602 g/mol. The molecule has 7 aromatic rings. The van der Waals surface area contributed by atoms with E-state index in [0.29, 0.717) is 76.1 Å². The molecule has 7 rings (SSSR count). The van der Waals surface area contributed by atoms with Crippen LogP contribution in [0.3, 0.4) is 0 Å². The summed E-state index contributed by atoms with van der Waals surface area (Å²) in [6, 6.07) is 23.9. The van der Waals surface area contributed by atoms with Crippen molar-refractivity contribution in [2.75, 3.05) is 0 Å². The van der Waals surface area contributed by atoms with Gasteiger partial charge in [-0.3, -0.25) is 0 Å². The lowest BCUT2D eigenvalue weighted by Gasteiger charge is -2.09. The Morgan fingerprint density at radius 1 is 0.413 bits per heavy atom. The zero-order valence-corrected chi connectivity index (χ0v) is 23.3. The van der Waals surface area contributed by atoms with Gasteiger partial charge < -0.3 is 0 Å². The fourth-order valence-electron chi connectivity index (χ4n) is 6.13. The molecule has 0 bridgehead atoms. The van der Waals surface area contributed by atoms with Crippen LogP contribution in [0.15, 0.2) is 107 Å². The van der Waals surface area contributed by atoms with Crippen LogP contribution < -0.4 is 10.7 Å². The molecule has 46 heavy (non-hydrogen) atoms. The highest BCUT2D eigenvalue weighted by molar-refractivity contribution is 6.21. The highest BCUT2D eigenvalue weighted by Gasteiger charge is 2.31. The zero-order valence-electron chi connectivity index (χ0n) is 23.3. The monoisotopic (exact) mass is 618 g/mol. The third kappa shape index (κ3) is 4.63. The second-order valence-electron chi connectivity index (χ2n) is 10.7. The number of hydrogen-bond donors (Lipinski definition) is 0. The first-order chi connectivity index (χ1) is 22.0. The van der Waals surface area contributed by atoms with E-state index in [1.54, 1.807) is 48.5 Å². The summed E-state index contributed by atoms with van der Waals surface area (Å²) in [5.41, 5.74) is 0.151. The van der Waals surface area contributed by atoms with Crippen molar-refractivity contribution < 1.29 is 26.3 Å². The van der Waals surface area contributed by atoms with Crippen LogP contribution >= 0.6 is 0 Å². The van der Waals surface area contributed by atoms with Crippen LogP contribution in [-0.4, -0.2) is 0 Å². The first-order valence-electron chi connectivity index (χ1n) is 13.7.